The first kappa shape index (κ1) is 22.9. The second kappa shape index (κ2) is 9.72. The van der Waals surface area contributed by atoms with E-state index in [1.54, 1.807) is 36.5 Å². The molecule has 8 heteroatoms. The monoisotopic (exact) mass is 449 g/mol. The van der Waals surface area contributed by atoms with Crippen LogP contribution in [0.4, 0.5) is 5.69 Å². The Bertz CT molecular complexity index is 1100. The molecular formula is C25H31N5O3. The van der Waals surface area contributed by atoms with Gasteiger partial charge in [-0.2, -0.15) is 0 Å². The number of amides is 1. The van der Waals surface area contributed by atoms with Crippen molar-refractivity contribution in [1.29, 1.82) is 0 Å². The number of hydrogen-bond donors (Lipinski definition) is 1. The lowest BCUT2D eigenvalue weighted by atomic mass is 10.0. The summed E-state index contributed by atoms with van der Waals surface area (Å²) in [7, 11) is 5.72. The number of rotatable bonds is 8. The topological polar surface area (TPSA) is 82.0 Å². The molecule has 3 aromatic rings. The summed E-state index contributed by atoms with van der Waals surface area (Å²) >= 11 is 0. The minimum absolute atomic E-state index is 0.127. The zero-order chi connectivity index (χ0) is 23.4. The number of anilines is 1. The molecule has 2 aromatic heterocycles. The van der Waals surface area contributed by atoms with Gasteiger partial charge in [0.2, 0.25) is 0 Å². The number of nitrogens with zero attached hydrogens (tertiary/aromatic N) is 5. The Balaban J connectivity index is 1.38. The number of carbonyl (C=O) groups is 1. The van der Waals surface area contributed by atoms with E-state index in [4.69, 9.17) is 4.74 Å². The van der Waals surface area contributed by atoms with E-state index < -0.39 is 5.60 Å². The number of ether oxygens (including phenoxy) is 1. The van der Waals surface area contributed by atoms with Gasteiger partial charge in [-0.15, -0.1) is 0 Å². The lowest BCUT2D eigenvalue weighted by Gasteiger charge is -2.29. The molecule has 33 heavy (non-hydrogen) atoms. The maximum Gasteiger partial charge on any atom is 0.253 e. The highest BCUT2D eigenvalue weighted by molar-refractivity contribution is 5.94. The number of pyridine rings is 2. The van der Waals surface area contributed by atoms with Gasteiger partial charge in [0, 0.05) is 44.6 Å². The van der Waals surface area contributed by atoms with Crippen LogP contribution in [0.25, 0.3) is 11.0 Å². The molecule has 0 radical (unpaired) electrons. The summed E-state index contributed by atoms with van der Waals surface area (Å²) in [5.41, 5.74) is 2.17. The highest BCUT2D eigenvalue weighted by atomic mass is 16.5. The molecule has 1 aliphatic heterocycles. The predicted molar refractivity (Wildman–Crippen MR) is 129 cm³/mol. The highest BCUT2D eigenvalue weighted by Crippen LogP contribution is 2.31. The first-order valence-electron chi connectivity index (χ1n) is 11.1. The Kier molecular flexibility index (Phi) is 6.76. The Hall–Kier alpha value is -3.23. The molecule has 8 nitrogen and oxygen atoms in total. The molecule has 1 fully saturated rings. The van der Waals surface area contributed by atoms with Crippen LogP contribution in [0, 0.1) is 0 Å². The SMILES string of the molecule is CN(C)CCOc1ccc(C(=O)N(C)CC2(O)CCN(c3ccnc4cccnc34)C2)cc1. The molecule has 3 heterocycles. The zero-order valence-electron chi connectivity index (χ0n) is 19.4. The molecule has 0 spiro atoms. The molecule has 1 aliphatic rings. The van der Waals surface area contributed by atoms with Crippen LogP contribution in [-0.4, -0.2) is 90.3 Å². The fourth-order valence-corrected chi connectivity index (χ4v) is 4.19. The molecule has 0 saturated carbocycles. The third-order valence-corrected chi connectivity index (χ3v) is 5.93. The Morgan fingerprint density at radius 2 is 1.91 bits per heavy atom. The molecule has 0 aliphatic carbocycles. The van der Waals surface area contributed by atoms with Crippen LogP contribution in [0.2, 0.25) is 0 Å². The summed E-state index contributed by atoms with van der Waals surface area (Å²) in [5.74, 6) is 0.608. The van der Waals surface area contributed by atoms with Gasteiger partial charge < -0.3 is 24.5 Å². The summed E-state index contributed by atoms with van der Waals surface area (Å²) in [6.07, 6.45) is 4.08. The number of aliphatic hydroxyl groups is 1. The van der Waals surface area contributed by atoms with Gasteiger partial charge >= 0.3 is 0 Å². The van der Waals surface area contributed by atoms with E-state index in [1.807, 2.05) is 44.4 Å². The minimum Gasteiger partial charge on any atom is -0.492 e. The quantitative estimate of drug-likeness (QED) is 0.565. The molecule has 174 valence electrons. The van der Waals surface area contributed by atoms with Gasteiger partial charge in [0.15, 0.2) is 0 Å². The largest absolute Gasteiger partial charge is 0.492 e. The van der Waals surface area contributed by atoms with E-state index in [1.165, 1.54) is 0 Å². The summed E-state index contributed by atoms with van der Waals surface area (Å²) < 4.78 is 5.70. The molecule has 1 aromatic carbocycles. The smallest absolute Gasteiger partial charge is 0.253 e. The lowest BCUT2D eigenvalue weighted by molar-refractivity contribution is 0.0264. The fourth-order valence-electron chi connectivity index (χ4n) is 4.19. The number of benzene rings is 1. The summed E-state index contributed by atoms with van der Waals surface area (Å²) in [4.78, 5) is 27.6. The predicted octanol–water partition coefficient (Wildman–Crippen LogP) is 2.28. The lowest BCUT2D eigenvalue weighted by Crippen LogP contribution is -2.45. The van der Waals surface area contributed by atoms with Crippen LogP contribution >= 0.6 is 0 Å². The van der Waals surface area contributed by atoms with Gasteiger partial charge in [-0.1, -0.05) is 0 Å². The van der Waals surface area contributed by atoms with Crippen LogP contribution in [0.5, 0.6) is 5.75 Å². The van der Waals surface area contributed by atoms with Gasteiger partial charge in [0.25, 0.3) is 5.91 Å². The van der Waals surface area contributed by atoms with Crippen LogP contribution in [-0.2, 0) is 0 Å². The van der Waals surface area contributed by atoms with E-state index >= 15 is 0 Å². The zero-order valence-corrected chi connectivity index (χ0v) is 19.4. The second-order valence-electron chi connectivity index (χ2n) is 8.93. The van der Waals surface area contributed by atoms with E-state index in [2.05, 4.69) is 19.8 Å². The number of β-amino-alcohol motifs (C(OH)–C–C–N with tert-alkyl or cyclic N) is 1. The van der Waals surface area contributed by atoms with Gasteiger partial charge in [0.05, 0.1) is 17.7 Å². The number of likely N-dealkylation sites (N-methyl/N-ethyl adjacent to an activating group) is 2. The molecule has 0 bridgehead atoms. The second-order valence-corrected chi connectivity index (χ2v) is 8.93. The Labute approximate surface area is 194 Å². The van der Waals surface area contributed by atoms with Crippen molar-refractivity contribution in [2.45, 2.75) is 12.0 Å². The average molecular weight is 450 g/mol. The van der Waals surface area contributed by atoms with Crippen molar-refractivity contribution in [2.24, 2.45) is 0 Å². The first-order valence-corrected chi connectivity index (χ1v) is 11.1. The van der Waals surface area contributed by atoms with Crippen LogP contribution in [0.15, 0.2) is 54.9 Å². The molecular weight excluding hydrogens is 418 g/mol. The number of hydrogen-bond acceptors (Lipinski definition) is 7. The molecule has 1 N–H and O–H groups in total. The van der Waals surface area contributed by atoms with Crippen molar-refractivity contribution in [2.75, 3.05) is 58.8 Å². The van der Waals surface area contributed by atoms with Crippen molar-refractivity contribution in [1.82, 2.24) is 19.8 Å². The molecule has 1 saturated heterocycles. The highest BCUT2D eigenvalue weighted by Gasteiger charge is 2.38. The molecule has 1 atom stereocenters. The van der Waals surface area contributed by atoms with Crippen LogP contribution < -0.4 is 9.64 Å². The molecule has 4 rings (SSSR count). The standard InChI is InChI=1S/C25H31N5O3/c1-28(2)15-16-33-20-8-6-19(7-9-20)24(31)29(3)17-25(32)11-14-30(18-25)22-10-13-26-21-5-4-12-27-23(21)22/h4-10,12-13,32H,11,14-18H2,1-3H3. The molecule has 1 amide bonds. The maximum atomic E-state index is 13.0. The van der Waals surface area contributed by atoms with Gasteiger partial charge in [-0.3, -0.25) is 14.8 Å². The van der Waals surface area contributed by atoms with Crippen LogP contribution in [0.1, 0.15) is 16.8 Å². The van der Waals surface area contributed by atoms with Gasteiger partial charge in [-0.05, 0) is 63.0 Å². The average Bonchev–Trinajstić information content (AvgIpc) is 3.19. The van der Waals surface area contributed by atoms with Crippen LogP contribution in [0.3, 0.4) is 0 Å². The normalized spacial score (nSPS) is 18.2. The molecule has 1 unspecified atom stereocenters. The van der Waals surface area contributed by atoms with Gasteiger partial charge in [0.1, 0.15) is 23.5 Å². The van der Waals surface area contributed by atoms with Gasteiger partial charge in [-0.25, -0.2) is 0 Å². The first-order chi connectivity index (χ1) is 15.8. The van der Waals surface area contributed by atoms with Crippen molar-refractivity contribution < 1.29 is 14.6 Å². The fraction of sp³-hybridized carbons (Fsp3) is 0.400. The third-order valence-electron chi connectivity index (χ3n) is 5.93. The van der Waals surface area contributed by atoms with E-state index in [9.17, 15) is 9.90 Å². The van der Waals surface area contributed by atoms with Crippen molar-refractivity contribution >= 4 is 22.6 Å². The van der Waals surface area contributed by atoms with E-state index in [0.717, 1.165) is 29.0 Å². The van der Waals surface area contributed by atoms with Crippen molar-refractivity contribution in [3.05, 3.63) is 60.4 Å². The Morgan fingerprint density at radius 1 is 1.12 bits per heavy atom. The van der Waals surface area contributed by atoms with E-state index in [-0.39, 0.29) is 12.5 Å². The third kappa shape index (κ3) is 5.40. The maximum absolute atomic E-state index is 13.0. The summed E-state index contributed by atoms with van der Waals surface area (Å²) in [6, 6.07) is 12.9. The summed E-state index contributed by atoms with van der Waals surface area (Å²) in [5, 5.41) is 11.3. The number of carbonyl (C=O) groups excluding carboxylic acids is 1. The Morgan fingerprint density at radius 3 is 2.67 bits per heavy atom. The minimum atomic E-state index is -0.996. The number of fused-ring (bicyclic) bond motifs is 1. The van der Waals surface area contributed by atoms with E-state index in [0.29, 0.717) is 31.7 Å². The summed E-state index contributed by atoms with van der Waals surface area (Å²) in [6.45, 7) is 2.78. The number of aromatic nitrogens is 2. The van der Waals surface area contributed by atoms with Crippen molar-refractivity contribution in [3.8, 4) is 5.75 Å². The van der Waals surface area contributed by atoms with Crippen molar-refractivity contribution in [3.63, 3.8) is 0 Å².